The third-order valence-corrected chi connectivity index (χ3v) is 3.15. The summed E-state index contributed by atoms with van der Waals surface area (Å²) in [6.45, 7) is 8.19. The van der Waals surface area contributed by atoms with E-state index in [9.17, 15) is 9.59 Å². The van der Waals surface area contributed by atoms with Crippen LogP contribution in [0.1, 0.15) is 59.8 Å². The van der Waals surface area contributed by atoms with Gasteiger partial charge in [0.2, 0.25) is 5.91 Å². The summed E-state index contributed by atoms with van der Waals surface area (Å²) < 4.78 is 4.76. The quantitative estimate of drug-likeness (QED) is 0.656. The highest BCUT2D eigenvalue weighted by atomic mass is 16.5. The monoisotopic (exact) mass is 271 g/mol. The van der Waals surface area contributed by atoms with E-state index in [1.54, 1.807) is 0 Å². The third kappa shape index (κ3) is 7.19. The van der Waals surface area contributed by atoms with Crippen molar-refractivity contribution in [1.29, 1.82) is 0 Å². The molecule has 0 fully saturated rings. The molecular formula is C15H29NO3. The Balaban J connectivity index is 4.61. The predicted octanol–water partition coefficient (Wildman–Crippen LogP) is 2.91. The maximum Gasteiger partial charge on any atom is 0.328 e. The van der Waals surface area contributed by atoms with E-state index in [2.05, 4.69) is 19.2 Å². The number of esters is 1. The van der Waals surface area contributed by atoms with Gasteiger partial charge in [0, 0.05) is 5.92 Å². The second-order valence-electron chi connectivity index (χ2n) is 5.49. The summed E-state index contributed by atoms with van der Waals surface area (Å²) in [6.07, 6.45) is 4.31. The summed E-state index contributed by atoms with van der Waals surface area (Å²) in [7, 11) is 1.36. The molecule has 19 heavy (non-hydrogen) atoms. The minimum absolute atomic E-state index is 0.00863. The molecule has 0 aromatic carbocycles. The number of amides is 1. The first-order chi connectivity index (χ1) is 8.96. The first-order valence-electron chi connectivity index (χ1n) is 7.34. The fraction of sp³-hybridized carbons (Fsp3) is 0.867. The van der Waals surface area contributed by atoms with E-state index in [4.69, 9.17) is 4.74 Å². The molecule has 0 aliphatic carbocycles. The Morgan fingerprint density at radius 2 is 1.63 bits per heavy atom. The van der Waals surface area contributed by atoms with E-state index in [-0.39, 0.29) is 17.8 Å². The highest BCUT2D eigenvalue weighted by molar-refractivity contribution is 5.85. The minimum Gasteiger partial charge on any atom is -0.467 e. The zero-order chi connectivity index (χ0) is 14.8. The first kappa shape index (κ1) is 17.9. The van der Waals surface area contributed by atoms with Crippen LogP contribution >= 0.6 is 0 Å². The van der Waals surface area contributed by atoms with Gasteiger partial charge in [-0.25, -0.2) is 4.79 Å². The smallest absolute Gasteiger partial charge is 0.328 e. The summed E-state index contributed by atoms with van der Waals surface area (Å²) in [5.74, 6) is -0.0249. The lowest BCUT2D eigenvalue weighted by Gasteiger charge is -2.22. The largest absolute Gasteiger partial charge is 0.467 e. The van der Waals surface area contributed by atoms with Gasteiger partial charge in [-0.1, -0.05) is 40.5 Å². The SMILES string of the molecule is CCCC(CCC)C(=O)N[C@@H](CC(C)C)C(=O)OC. The second-order valence-corrected chi connectivity index (χ2v) is 5.49. The summed E-state index contributed by atoms with van der Waals surface area (Å²) in [4.78, 5) is 23.9. The normalized spacial score (nSPS) is 12.6. The van der Waals surface area contributed by atoms with E-state index < -0.39 is 6.04 Å². The lowest BCUT2D eigenvalue weighted by molar-refractivity contribution is -0.146. The van der Waals surface area contributed by atoms with Crippen molar-refractivity contribution in [1.82, 2.24) is 5.32 Å². The number of ether oxygens (including phenoxy) is 1. The summed E-state index contributed by atoms with van der Waals surface area (Å²) >= 11 is 0. The Bertz CT molecular complexity index is 271. The Labute approximate surface area is 117 Å². The molecule has 112 valence electrons. The van der Waals surface area contributed by atoms with E-state index in [0.29, 0.717) is 12.3 Å². The summed E-state index contributed by atoms with van der Waals surface area (Å²) in [5, 5.41) is 2.86. The molecule has 0 saturated heterocycles. The van der Waals surface area contributed by atoms with Crippen LogP contribution in [0.15, 0.2) is 0 Å². The number of methoxy groups -OCH3 is 1. The molecule has 4 heteroatoms. The third-order valence-electron chi connectivity index (χ3n) is 3.15. The van der Waals surface area contributed by atoms with Gasteiger partial charge in [0.1, 0.15) is 6.04 Å². The van der Waals surface area contributed by atoms with Crippen LogP contribution in [0.4, 0.5) is 0 Å². The minimum atomic E-state index is -0.520. The lowest BCUT2D eigenvalue weighted by atomic mass is 9.96. The fourth-order valence-corrected chi connectivity index (χ4v) is 2.22. The molecule has 0 heterocycles. The number of carbonyl (C=O) groups is 2. The topological polar surface area (TPSA) is 55.4 Å². The van der Waals surface area contributed by atoms with Gasteiger partial charge in [0.25, 0.3) is 0 Å². The Kier molecular flexibility index (Phi) is 9.27. The standard InChI is InChI=1S/C15H29NO3/c1-6-8-12(9-7-2)14(17)16-13(10-11(3)4)15(18)19-5/h11-13H,6-10H2,1-5H3,(H,16,17)/t13-/m0/s1. The van der Waals surface area contributed by atoms with Crippen molar-refractivity contribution in [3.63, 3.8) is 0 Å². The average molecular weight is 271 g/mol. The fourth-order valence-electron chi connectivity index (χ4n) is 2.22. The number of hydrogen-bond acceptors (Lipinski definition) is 3. The molecule has 4 nitrogen and oxygen atoms in total. The van der Waals surface area contributed by atoms with Crippen LogP contribution in [-0.2, 0) is 14.3 Å². The van der Waals surface area contributed by atoms with Crippen molar-refractivity contribution in [2.45, 2.75) is 65.8 Å². The molecule has 0 saturated carbocycles. The van der Waals surface area contributed by atoms with Gasteiger partial charge in [-0.15, -0.1) is 0 Å². The Hall–Kier alpha value is -1.06. The van der Waals surface area contributed by atoms with Gasteiger partial charge in [0.05, 0.1) is 7.11 Å². The maximum absolute atomic E-state index is 12.2. The van der Waals surface area contributed by atoms with Crippen molar-refractivity contribution in [3.8, 4) is 0 Å². The van der Waals surface area contributed by atoms with Gasteiger partial charge < -0.3 is 10.1 Å². The van der Waals surface area contributed by atoms with Crippen molar-refractivity contribution in [3.05, 3.63) is 0 Å². The van der Waals surface area contributed by atoms with E-state index in [0.717, 1.165) is 25.7 Å². The van der Waals surface area contributed by atoms with Gasteiger partial charge in [0.15, 0.2) is 0 Å². The van der Waals surface area contributed by atoms with Crippen LogP contribution in [0.25, 0.3) is 0 Å². The molecular weight excluding hydrogens is 242 g/mol. The molecule has 1 N–H and O–H groups in total. The van der Waals surface area contributed by atoms with Crippen molar-refractivity contribution in [2.24, 2.45) is 11.8 Å². The average Bonchev–Trinajstić information content (AvgIpc) is 2.36. The van der Waals surface area contributed by atoms with Gasteiger partial charge in [-0.3, -0.25) is 4.79 Å². The lowest BCUT2D eigenvalue weighted by Crippen LogP contribution is -2.45. The number of carbonyl (C=O) groups excluding carboxylic acids is 2. The van der Waals surface area contributed by atoms with Gasteiger partial charge in [-0.05, 0) is 25.2 Å². The van der Waals surface area contributed by atoms with Crippen LogP contribution in [0.2, 0.25) is 0 Å². The van der Waals surface area contributed by atoms with Gasteiger partial charge in [-0.2, -0.15) is 0 Å². The molecule has 0 aromatic heterocycles. The molecule has 0 unspecified atom stereocenters. The maximum atomic E-state index is 12.2. The van der Waals surface area contributed by atoms with Crippen molar-refractivity contribution < 1.29 is 14.3 Å². The van der Waals surface area contributed by atoms with E-state index in [1.807, 2.05) is 13.8 Å². The molecule has 0 bridgehead atoms. The van der Waals surface area contributed by atoms with Crippen LogP contribution in [0.5, 0.6) is 0 Å². The van der Waals surface area contributed by atoms with Gasteiger partial charge >= 0.3 is 5.97 Å². The molecule has 0 aliphatic heterocycles. The Morgan fingerprint density at radius 3 is 2.00 bits per heavy atom. The Morgan fingerprint density at radius 1 is 1.11 bits per heavy atom. The number of hydrogen-bond donors (Lipinski definition) is 1. The van der Waals surface area contributed by atoms with Crippen LogP contribution < -0.4 is 5.32 Å². The molecule has 0 radical (unpaired) electrons. The molecule has 0 aromatic rings. The second kappa shape index (κ2) is 9.82. The zero-order valence-corrected chi connectivity index (χ0v) is 13.0. The first-order valence-corrected chi connectivity index (χ1v) is 7.34. The van der Waals surface area contributed by atoms with Crippen molar-refractivity contribution >= 4 is 11.9 Å². The molecule has 1 atom stereocenters. The number of nitrogens with one attached hydrogen (secondary N) is 1. The van der Waals surface area contributed by atoms with Crippen LogP contribution in [0.3, 0.4) is 0 Å². The predicted molar refractivity (Wildman–Crippen MR) is 76.7 cm³/mol. The van der Waals surface area contributed by atoms with Crippen LogP contribution in [-0.4, -0.2) is 25.0 Å². The zero-order valence-electron chi connectivity index (χ0n) is 13.0. The van der Waals surface area contributed by atoms with E-state index in [1.165, 1.54) is 7.11 Å². The highest BCUT2D eigenvalue weighted by Crippen LogP contribution is 2.15. The highest BCUT2D eigenvalue weighted by Gasteiger charge is 2.25. The summed E-state index contributed by atoms with van der Waals surface area (Å²) in [6, 6.07) is -0.520. The number of rotatable bonds is 9. The van der Waals surface area contributed by atoms with Crippen LogP contribution in [0, 0.1) is 11.8 Å². The van der Waals surface area contributed by atoms with E-state index >= 15 is 0 Å². The molecule has 1 amide bonds. The van der Waals surface area contributed by atoms with Crippen molar-refractivity contribution in [2.75, 3.05) is 7.11 Å². The molecule has 0 spiro atoms. The molecule has 0 rings (SSSR count). The molecule has 0 aliphatic rings. The summed E-state index contributed by atoms with van der Waals surface area (Å²) in [5.41, 5.74) is 0.